The quantitative estimate of drug-likeness (QED) is 0.522. The Labute approximate surface area is 161 Å². The van der Waals surface area contributed by atoms with Gasteiger partial charge in [-0.1, -0.05) is 6.07 Å². The van der Waals surface area contributed by atoms with Crippen molar-refractivity contribution in [3.8, 4) is 11.8 Å². The first kappa shape index (κ1) is 19.0. The van der Waals surface area contributed by atoms with Gasteiger partial charge in [-0.3, -0.25) is 14.9 Å². The first-order valence-corrected chi connectivity index (χ1v) is 8.49. The van der Waals surface area contributed by atoms with Crippen LogP contribution in [0.25, 0.3) is 0 Å². The number of carbonyl (C=O) groups excluding carboxylic acids is 1. The second kappa shape index (κ2) is 7.83. The molecule has 1 heterocycles. The number of nitro benzene ring substituents is 1. The van der Waals surface area contributed by atoms with Crippen LogP contribution in [0.5, 0.6) is 11.8 Å². The van der Waals surface area contributed by atoms with Crippen molar-refractivity contribution >= 4 is 17.3 Å². The van der Waals surface area contributed by atoms with Crippen molar-refractivity contribution in [2.24, 2.45) is 0 Å². The molecule has 0 aliphatic heterocycles. The average Bonchev–Trinajstić information content (AvgIpc) is 2.62. The molecule has 8 nitrogen and oxygen atoms in total. The van der Waals surface area contributed by atoms with Crippen molar-refractivity contribution in [2.45, 2.75) is 20.8 Å². The zero-order chi connectivity index (χ0) is 20.3. The van der Waals surface area contributed by atoms with E-state index in [4.69, 9.17) is 4.74 Å². The fourth-order valence-corrected chi connectivity index (χ4v) is 2.72. The van der Waals surface area contributed by atoms with E-state index in [9.17, 15) is 14.9 Å². The number of carbonyl (C=O) groups is 1. The highest BCUT2D eigenvalue weighted by atomic mass is 16.6. The number of nitro groups is 1. The van der Waals surface area contributed by atoms with Gasteiger partial charge in [0.15, 0.2) is 0 Å². The third kappa shape index (κ3) is 4.29. The molecule has 28 heavy (non-hydrogen) atoms. The van der Waals surface area contributed by atoms with Gasteiger partial charge < -0.3 is 10.1 Å². The van der Waals surface area contributed by atoms with Crippen LogP contribution in [0.1, 0.15) is 27.3 Å². The van der Waals surface area contributed by atoms with Crippen molar-refractivity contribution in [3.05, 3.63) is 81.2 Å². The van der Waals surface area contributed by atoms with Crippen molar-refractivity contribution < 1.29 is 14.5 Å². The average molecular weight is 378 g/mol. The van der Waals surface area contributed by atoms with Gasteiger partial charge in [-0.25, -0.2) is 9.97 Å². The molecule has 0 atom stereocenters. The van der Waals surface area contributed by atoms with Gasteiger partial charge in [-0.15, -0.1) is 0 Å². The summed E-state index contributed by atoms with van der Waals surface area (Å²) in [4.78, 5) is 31.4. The van der Waals surface area contributed by atoms with Crippen LogP contribution < -0.4 is 10.1 Å². The lowest BCUT2D eigenvalue weighted by molar-refractivity contribution is -0.385. The molecule has 0 saturated heterocycles. The highest BCUT2D eigenvalue weighted by molar-refractivity contribution is 6.05. The molecular weight excluding hydrogens is 360 g/mol. The molecule has 1 aromatic heterocycles. The van der Waals surface area contributed by atoms with Crippen LogP contribution in [0, 0.1) is 30.9 Å². The Morgan fingerprint density at radius 3 is 2.29 bits per heavy atom. The van der Waals surface area contributed by atoms with Gasteiger partial charge in [0.1, 0.15) is 5.75 Å². The van der Waals surface area contributed by atoms with Crippen LogP contribution in [-0.2, 0) is 0 Å². The molecule has 0 bridgehead atoms. The van der Waals surface area contributed by atoms with Crippen LogP contribution >= 0.6 is 0 Å². The Hall–Kier alpha value is -3.81. The summed E-state index contributed by atoms with van der Waals surface area (Å²) in [5.41, 5.74) is 2.61. The van der Waals surface area contributed by atoms with Crippen molar-refractivity contribution in [3.63, 3.8) is 0 Å². The lowest BCUT2D eigenvalue weighted by atomic mass is 10.1. The van der Waals surface area contributed by atoms with Gasteiger partial charge in [0.05, 0.1) is 4.92 Å². The predicted molar refractivity (Wildman–Crippen MR) is 104 cm³/mol. The summed E-state index contributed by atoms with van der Waals surface area (Å²) < 4.78 is 5.64. The minimum Gasteiger partial charge on any atom is -0.424 e. The fourth-order valence-electron chi connectivity index (χ4n) is 2.72. The SMILES string of the molecule is Cc1cc(C)nc(Oc2ccc(NC(=O)c3cccc([N+](=O)[O-])c3C)cc2)n1. The number of nitrogens with zero attached hydrogens (tertiary/aromatic N) is 3. The molecule has 0 aliphatic rings. The van der Waals surface area contributed by atoms with E-state index >= 15 is 0 Å². The molecule has 142 valence electrons. The van der Waals surface area contributed by atoms with E-state index in [1.54, 1.807) is 37.3 Å². The minimum atomic E-state index is -0.507. The number of aromatic nitrogens is 2. The molecule has 0 fully saturated rings. The zero-order valence-corrected chi connectivity index (χ0v) is 15.6. The highest BCUT2D eigenvalue weighted by Gasteiger charge is 2.18. The van der Waals surface area contributed by atoms with E-state index in [1.165, 1.54) is 12.1 Å². The van der Waals surface area contributed by atoms with Crippen LogP contribution in [0.15, 0.2) is 48.5 Å². The summed E-state index contributed by atoms with van der Waals surface area (Å²) in [6, 6.07) is 13.2. The van der Waals surface area contributed by atoms with Crippen LogP contribution in [0.3, 0.4) is 0 Å². The van der Waals surface area contributed by atoms with Crippen LogP contribution in [0.2, 0.25) is 0 Å². The summed E-state index contributed by atoms with van der Waals surface area (Å²) in [6.45, 7) is 5.26. The molecule has 1 N–H and O–H groups in total. The Morgan fingerprint density at radius 2 is 1.68 bits per heavy atom. The van der Waals surface area contributed by atoms with Gasteiger partial charge in [0, 0.05) is 34.3 Å². The van der Waals surface area contributed by atoms with Crippen LogP contribution in [0.4, 0.5) is 11.4 Å². The first-order chi connectivity index (χ1) is 13.3. The number of hydrogen-bond acceptors (Lipinski definition) is 6. The lowest BCUT2D eigenvalue weighted by Gasteiger charge is -2.09. The largest absolute Gasteiger partial charge is 0.424 e. The molecule has 8 heteroatoms. The summed E-state index contributed by atoms with van der Waals surface area (Å²) in [5, 5.41) is 13.8. The monoisotopic (exact) mass is 378 g/mol. The molecule has 3 rings (SSSR count). The topological polar surface area (TPSA) is 107 Å². The lowest BCUT2D eigenvalue weighted by Crippen LogP contribution is -2.14. The number of amides is 1. The number of rotatable bonds is 5. The Balaban J connectivity index is 1.73. The third-order valence-corrected chi connectivity index (χ3v) is 4.03. The molecule has 2 aromatic carbocycles. The fraction of sp³-hybridized carbons (Fsp3) is 0.150. The summed E-state index contributed by atoms with van der Waals surface area (Å²) >= 11 is 0. The van der Waals surface area contributed by atoms with E-state index in [-0.39, 0.29) is 17.3 Å². The van der Waals surface area contributed by atoms with Crippen molar-refractivity contribution in [1.29, 1.82) is 0 Å². The van der Waals surface area contributed by atoms with Crippen molar-refractivity contribution in [1.82, 2.24) is 9.97 Å². The van der Waals surface area contributed by atoms with Crippen LogP contribution in [-0.4, -0.2) is 20.8 Å². The molecule has 0 saturated carbocycles. The maximum atomic E-state index is 12.5. The second-order valence-electron chi connectivity index (χ2n) is 6.22. The van der Waals surface area contributed by atoms with E-state index < -0.39 is 10.8 Å². The second-order valence-corrected chi connectivity index (χ2v) is 6.22. The maximum absolute atomic E-state index is 12.5. The Bertz CT molecular complexity index is 1030. The van der Waals surface area contributed by atoms with Gasteiger partial charge in [-0.05, 0) is 57.2 Å². The number of aryl methyl sites for hydroxylation is 2. The number of ether oxygens (including phenoxy) is 1. The molecule has 1 amide bonds. The van der Waals surface area contributed by atoms with E-state index in [1.807, 2.05) is 19.9 Å². The molecule has 0 unspecified atom stereocenters. The minimum absolute atomic E-state index is 0.0927. The maximum Gasteiger partial charge on any atom is 0.322 e. The van der Waals surface area contributed by atoms with E-state index in [0.29, 0.717) is 17.0 Å². The third-order valence-electron chi connectivity index (χ3n) is 4.03. The summed E-state index contributed by atoms with van der Waals surface area (Å²) in [6.07, 6.45) is 0. The first-order valence-electron chi connectivity index (χ1n) is 8.49. The normalized spacial score (nSPS) is 10.4. The Kier molecular flexibility index (Phi) is 5.30. The van der Waals surface area contributed by atoms with Crippen molar-refractivity contribution in [2.75, 3.05) is 5.32 Å². The van der Waals surface area contributed by atoms with Gasteiger partial charge in [0.2, 0.25) is 0 Å². The number of benzene rings is 2. The number of hydrogen-bond donors (Lipinski definition) is 1. The van der Waals surface area contributed by atoms with E-state index in [2.05, 4.69) is 15.3 Å². The van der Waals surface area contributed by atoms with Gasteiger partial charge >= 0.3 is 6.01 Å². The molecule has 0 radical (unpaired) electrons. The van der Waals surface area contributed by atoms with Gasteiger partial charge in [0.25, 0.3) is 11.6 Å². The van der Waals surface area contributed by atoms with E-state index in [0.717, 1.165) is 11.4 Å². The van der Waals surface area contributed by atoms with Gasteiger partial charge in [-0.2, -0.15) is 0 Å². The smallest absolute Gasteiger partial charge is 0.322 e. The summed E-state index contributed by atoms with van der Waals surface area (Å²) in [5.74, 6) is 0.0991. The molecular formula is C20H18N4O4. The molecule has 0 spiro atoms. The Morgan fingerprint density at radius 1 is 1.04 bits per heavy atom. The predicted octanol–water partition coefficient (Wildman–Crippen LogP) is 4.35. The number of anilines is 1. The molecule has 0 aliphatic carbocycles. The summed E-state index contributed by atoms with van der Waals surface area (Å²) in [7, 11) is 0. The zero-order valence-electron chi connectivity index (χ0n) is 15.6. The number of nitrogens with one attached hydrogen (secondary N) is 1. The standard InChI is InChI=1S/C20H18N4O4/c1-12-11-13(2)22-20(21-12)28-16-9-7-15(8-10-16)23-19(25)17-5-4-6-18(14(17)3)24(26)27/h4-11H,1-3H3,(H,23,25). The molecule has 3 aromatic rings. The highest BCUT2D eigenvalue weighted by Crippen LogP contribution is 2.24.